The Hall–Kier alpha value is -1.70. The lowest BCUT2D eigenvalue weighted by molar-refractivity contribution is -0.183. The average molecular weight is 522 g/mol. The zero-order valence-corrected chi connectivity index (χ0v) is 22.9. The SMILES string of the molecule is COC(=O)[C@@H](NC(=O)[C@@H]1[C@H]([C@H](C)O)[C@H](CO)ON1CC1CCCC(C#CC2(N)CCCCC2)C1)C(C)C. The van der Waals surface area contributed by atoms with E-state index in [4.69, 9.17) is 15.3 Å². The highest BCUT2D eigenvalue weighted by atomic mass is 16.7. The minimum Gasteiger partial charge on any atom is -0.467 e. The Bertz CT molecular complexity index is 832. The average Bonchev–Trinajstić information content (AvgIpc) is 3.24. The molecule has 1 amide bonds. The van der Waals surface area contributed by atoms with Gasteiger partial charge in [0.05, 0.1) is 25.4 Å². The van der Waals surface area contributed by atoms with Crippen LogP contribution in [0.15, 0.2) is 0 Å². The van der Waals surface area contributed by atoms with Gasteiger partial charge < -0.3 is 26.0 Å². The molecule has 1 heterocycles. The summed E-state index contributed by atoms with van der Waals surface area (Å²) in [6.07, 6.45) is 7.76. The van der Waals surface area contributed by atoms with Crippen LogP contribution in [0.4, 0.5) is 0 Å². The number of aliphatic hydroxyl groups excluding tert-OH is 2. The summed E-state index contributed by atoms with van der Waals surface area (Å²) in [5.74, 6) is 5.62. The fourth-order valence-corrected chi connectivity index (χ4v) is 6.16. The maximum Gasteiger partial charge on any atom is 0.328 e. The number of nitrogens with one attached hydrogen (secondary N) is 1. The molecule has 5 N–H and O–H groups in total. The Morgan fingerprint density at radius 3 is 2.49 bits per heavy atom. The molecule has 0 radical (unpaired) electrons. The van der Waals surface area contributed by atoms with Gasteiger partial charge in [0.25, 0.3) is 0 Å². The number of esters is 1. The molecule has 9 nitrogen and oxygen atoms in total. The topological polar surface area (TPSA) is 134 Å². The van der Waals surface area contributed by atoms with E-state index in [1.165, 1.54) is 13.5 Å². The van der Waals surface area contributed by atoms with Gasteiger partial charge >= 0.3 is 5.97 Å². The van der Waals surface area contributed by atoms with Gasteiger partial charge in [-0.3, -0.25) is 9.63 Å². The number of hydroxylamine groups is 2. The van der Waals surface area contributed by atoms with Crippen LogP contribution in [0.5, 0.6) is 0 Å². The second-order valence-electron chi connectivity index (χ2n) is 11.7. The summed E-state index contributed by atoms with van der Waals surface area (Å²) in [7, 11) is 1.29. The van der Waals surface area contributed by atoms with Gasteiger partial charge in [0, 0.05) is 18.4 Å². The first-order valence-electron chi connectivity index (χ1n) is 14.0. The van der Waals surface area contributed by atoms with Crippen molar-refractivity contribution < 1.29 is 29.4 Å². The third-order valence-corrected chi connectivity index (χ3v) is 8.29. The molecule has 0 bridgehead atoms. The summed E-state index contributed by atoms with van der Waals surface area (Å²) < 4.78 is 4.88. The number of ether oxygens (including phenoxy) is 1. The van der Waals surface area contributed by atoms with Crippen molar-refractivity contribution in [3.63, 3.8) is 0 Å². The van der Waals surface area contributed by atoms with Crippen LogP contribution in [0.2, 0.25) is 0 Å². The summed E-state index contributed by atoms with van der Waals surface area (Å²) in [5, 5.41) is 24.9. The molecular weight excluding hydrogens is 474 g/mol. The van der Waals surface area contributed by atoms with Crippen LogP contribution in [0.3, 0.4) is 0 Å². The Morgan fingerprint density at radius 2 is 1.89 bits per heavy atom. The Balaban J connectivity index is 1.73. The number of carbonyl (C=O) groups is 2. The Labute approximate surface area is 221 Å². The van der Waals surface area contributed by atoms with Crippen molar-refractivity contribution >= 4 is 11.9 Å². The van der Waals surface area contributed by atoms with E-state index in [1.807, 2.05) is 13.8 Å². The number of methoxy groups -OCH3 is 1. The van der Waals surface area contributed by atoms with Crippen LogP contribution >= 0.6 is 0 Å². The minimum absolute atomic E-state index is 0.182. The first-order chi connectivity index (χ1) is 17.6. The third-order valence-electron chi connectivity index (χ3n) is 8.29. The Morgan fingerprint density at radius 1 is 1.19 bits per heavy atom. The lowest BCUT2D eigenvalue weighted by Gasteiger charge is -2.33. The number of hydrogen-bond acceptors (Lipinski definition) is 8. The van der Waals surface area contributed by atoms with E-state index in [2.05, 4.69) is 17.2 Å². The molecule has 9 heteroatoms. The van der Waals surface area contributed by atoms with Crippen molar-refractivity contribution in [3.8, 4) is 11.8 Å². The van der Waals surface area contributed by atoms with E-state index in [0.29, 0.717) is 6.54 Å². The molecule has 2 aliphatic carbocycles. The molecule has 210 valence electrons. The van der Waals surface area contributed by atoms with E-state index in [1.54, 1.807) is 12.0 Å². The molecule has 37 heavy (non-hydrogen) atoms. The van der Waals surface area contributed by atoms with Crippen LogP contribution in [0, 0.1) is 35.5 Å². The highest BCUT2D eigenvalue weighted by molar-refractivity contribution is 5.88. The maximum atomic E-state index is 13.5. The van der Waals surface area contributed by atoms with Gasteiger partial charge in [0.15, 0.2) is 0 Å². The van der Waals surface area contributed by atoms with Gasteiger partial charge in [0.1, 0.15) is 18.2 Å². The number of carbonyl (C=O) groups excluding carboxylic acids is 2. The van der Waals surface area contributed by atoms with Gasteiger partial charge in [0.2, 0.25) is 5.91 Å². The summed E-state index contributed by atoms with van der Waals surface area (Å²) in [4.78, 5) is 31.8. The normalized spacial score (nSPS) is 31.7. The monoisotopic (exact) mass is 521 g/mol. The number of rotatable bonds is 8. The Kier molecular flexibility index (Phi) is 10.8. The largest absolute Gasteiger partial charge is 0.467 e. The third kappa shape index (κ3) is 7.67. The van der Waals surface area contributed by atoms with Crippen molar-refractivity contribution in [2.45, 2.75) is 108 Å². The first kappa shape index (κ1) is 29.9. The summed E-state index contributed by atoms with van der Waals surface area (Å²) in [6, 6.07) is -1.66. The highest BCUT2D eigenvalue weighted by Gasteiger charge is 2.50. The number of nitrogens with two attached hydrogens (primary N) is 1. The smallest absolute Gasteiger partial charge is 0.328 e. The minimum atomic E-state index is -0.894. The van der Waals surface area contributed by atoms with E-state index in [9.17, 15) is 19.8 Å². The molecule has 3 fully saturated rings. The highest BCUT2D eigenvalue weighted by Crippen LogP contribution is 2.36. The second-order valence-corrected chi connectivity index (χ2v) is 11.7. The van der Waals surface area contributed by atoms with Crippen molar-refractivity contribution in [2.24, 2.45) is 29.4 Å². The molecule has 2 saturated carbocycles. The summed E-state index contributed by atoms with van der Waals surface area (Å²) in [6.45, 7) is 5.41. The molecule has 1 saturated heterocycles. The zero-order chi connectivity index (χ0) is 27.2. The molecule has 0 spiro atoms. The number of nitrogens with zero attached hydrogens (tertiary/aromatic N) is 1. The molecule has 0 aromatic heterocycles. The van der Waals surface area contributed by atoms with Gasteiger partial charge in [-0.1, -0.05) is 51.4 Å². The quantitative estimate of drug-likeness (QED) is 0.280. The fourth-order valence-electron chi connectivity index (χ4n) is 6.16. The molecule has 2 unspecified atom stereocenters. The second kappa shape index (κ2) is 13.4. The summed E-state index contributed by atoms with van der Waals surface area (Å²) >= 11 is 0. The maximum absolute atomic E-state index is 13.5. The van der Waals surface area contributed by atoms with E-state index in [-0.39, 0.29) is 29.9 Å². The van der Waals surface area contributed by atoms with Crippen molar-refractivity contribution in [2.75, 3.05) is 20.3 Å². The van der Waals surface area contributed by atoms with Crippen LogP contribution in [-0.2, 0) is 19.2 Å². The summed E-state index contributed by atoms with van der Waals surface area (Å²) in [5.41, 5.74) is 6.17. The van der Waals surface area contributed by atoms with E-state index < -0.39 is 42.1 Å². The number of amides is 1. The van der Waals surface area contributed by atoms with Gasteiger partial charge in [-0.05, 0) is 50.9 Å². The van der Waals surface area contributed by atoms with Crippen molar-refractivity contribution in [1.29, 1.82) is 0 Å². The lowest BCUT2D eigenvalue weighted by Crippen LogP contribution is -2.55. The van der Waals surface area contributed by atoms with Crippen molar-refractivity contribution in [3.05, 3.63) is 0 Å². The molecule has 0 aromatic carbocycles. The van der Waals surface area contributed by atoms with Crippen LogP contribution < -0.4 is 11.1 Å². The molecule has 3 aliphatic rings. The molecule has 0 aromatic rings. The molecule has 7 atom stereocenters. The van der Waals surface area contributed by atoms with Crippen LogP contribution in [-0.4, -0.2) is 77.2 Å². The molecule has 1 aliphatic heterocycles. The number of aliphatic hydroxyl groups is 2. The van der Waals surface area contributed by atoms with Gasteiger partial charge in [-0.15, -0.1) is 0 Å². The van der Waals surface area contributed by atoms with Crippen LogP contribution in [0.1, 0.15) is 78.6 Å². The predicted octanol–water partition coefficient (Wildman–Crippen LogP) is 1.75. The number of hydrogen-bond donors (Lipinski definition) is 4. The fraction of sp³-hybridized carbons (Fsp3) is 0.857. The van der Waals surface area contributed by atoms with Gasteiger partial charge in [-0.2, -0.15) is 5.06 Å². The van der Waals surface area contributed by atoms with Gasteiger partial charge in [-0.25, -0.2) is 4.79 Å². The van der Waals surface area contributed by atoms with E-state index >= 15 is 0 Å². The first-order valence-corrected chi connectivity index (χ1v) is 14.0. The molecular formula is C28H47N3O6. The standard InChI is InChI=1S/C28H47N3O6/c1-18(2)24(27(35)36-4)30-26(34)25-23(19(3)33)22(17-32)37-31(25)16-21-10-8-9-20(15-21)11-14-28(29)12-6-5-7-13-28/h18-25,32-33H,5-10,12-13,15-17,29H2,1-4H3,(H,30,34)/t19-,20?,21?,22-,23+,24-,25-/m0/s1. The predicted molar refractivity (Wildman–Crippen MR) is 140 cm³/mol. The van der Waals surface area contributed by atoms with Crippen molar-refractivity contribution in [1.82, 2.24) is 10.4 Å². The lowest BCUT2D eigenvalue weighted by atomic mass is 9.79. The van der Waals surface area contributed by atoms with Crippen LogP contribution in [0.25, 0.3) is 0 Å². The molecule has 3 rings (SSSR count). The zero-order valence-electron chi connectivity index (χ0n) is 22.9. The van der Waals surface area contributed by atoms with E-state index in [0.717, 1.165) is 51.4 Å².